The standard InChI is InChI=1S/C20H15N3OS/c24-18(23-20-21-11-12-25-20)13-16-8-4-7-15-9-10-17(22-19(15)16)14-5-2-1-3-6-14/h1-12H,13H2,(H,21,23,24). The molecule has 2 heterocycles. The second-order valence-electron chi connectivity index (χ2n) is 5.61. The molecule has 0 saturated heterocycles. The van der Waals surface area contributed by atoms with Gasteiger partial charge in [0.15, 0.2) is 5.13 Å². The number of carbonyl (C=O) groups is 1. The Morgan fingerprint density at radius 1 is 1.00 bits per heavy atom. The number of hydrogen-bond acceptors (Lipinski definition) is 4. The van der Waals surface area contributed by atoms with Gasteiger partial charge in [-0.2, -0.15) is 0 Å². The van der Waals surface area contributed by atoms with E-state index >= 15 is 0 Å². The van der Waals surface area contributed by atoms with Gasteiger partial charge in [0.2, 0.25) is 5.91 Å². The summed E-state index contributed by atoms with van der Waals surface area (Å²) in [5, 5.41) is 6.30. The van der Waals surface area contributed by atoms with E-state index in [4.69, 9.17) is 4.98 Å². The monoisotopic (exact) mass is 345 g/mol. The van der Waals surface area contributed by atoms with Crippen LogP contribution >= 0.6 is 11.3 Å². The molecule has 5 heteroatoms. The Balaban J connectivity index is 1.67. The third-order valence-electron chi connectivity index (χ3n) is 3.90. The molecule has 4 aromatic rings. The summed E-state index contributed by atoms with van der Waals surface area (Å²) < 4.78 is 0. The van der Waals surface area contributed by atoms with Crippen molar-refractivity contribution in [1.29, 1.82) is 0 Å². The van der Waals surface area contributed by atoms with Crippen LogP contribution in [0.1, 0.15) is 5.56 Å². The van der Waals surface area contributed by atoms with Crippen molar-refractivity contribution in [2.45, 2.75) is 6.42 Å². The zero-order valence-corrected chi connectivity index (χ0v) is 14.2. The fraction of sp³-hybridized carbons (Fsp3) is 0.0500. The fourth-order valence-electron chi connectivity index (χ4n) is 2.74. The Hall–Kier alpha value is -3.05. The molecular formula is C20H15N3OS. The highest BCUT2D eigenvalue weighted by Crippen LogP contribution is 2.23. The maximum absolute atomic E-state index is 12.3. The van der Waals surface area contributed by atoms with E-state index in [1.807, 2.05) is 66.0 Å². The van der Waals surface area contributed by atoms with Crippen molar-refractivity contribution in [2.24, 2.45) is 0 Å². The van der Waals surface area contributed by atoms with Crippen LogP contribution in [0, 0.1) is 0 Å². The van der Waals surface area contributed by atoms with E-state index < -0.39 is 0 Å². The summed E-state index contributed by atoms with van der Waals surface area (Å²) in [5.41, 5.74) is 3.73. The Morgan fingerprint density at radius 3 is 2.68 bits per heavy atom. The van der Waals surface area contributed by atoms with Crippen LogP contribution in [0.25, 0.3) is 22.2 Å². The van der Waals surface area contributed by atoms with E-state index in [1.165, 1.54) is 11.3 Å². The summed E-state index contributed by atoms with van der Waals surface area (Å²) in [7, 11) is 0. The molecule has 0 spiro atoms. The highest BCUT2D eigenvalue weighted by Gasteiger charge is 2.10. The summed E-state index contributed by atoms with van der Waals surface area (Å²) in [6, 6.07) is 20.0. The van der Waals surface area contributed by atoms with E-state index in [0.29, 0.717) is 5.13 Å². The molecule has 25 heavy (non-hydrogen) atoms. The summed E-state index contributed by atoms with van der Waals surface area (Å²) in [4.78, 5) is 21.2. The van der Waals surface area contributed by atoms with Crippen LogP contribution < -0.4 is 5.32 Å². The van der Waals surface area contributed by atoms with Gasteiger partial charge in [-0.1, -0.05) is 54.6 Å². The fourth-order valence-corrected chi connectivity index (χ4v) is 3.29. The van der Waals surface area contributed by atoms with Gasteiger partial charge in [-0.05, 0) is 11.6 Å². The van der Waals surface area contributed by atoms with Crippen LogP contribution in [0.3, 0.4) is 0 Å². The predicted molar refractivity (Wildman–Crippen MR) is 102 cm³/mol. The van der Waals surface area contributed by atoms with Gasteiger partial charge in [0, 0.05) is 22.5 Å². The normalized spacial score (nSPS) is 10.7. The van der Waals surface area contributed by atoms with Gasteiger partial charge in [-0.3, -0.25) is 4.79 Å². The molecular weight excluding hydrogens is 330 g/mol. The van der Waals surface area contributed by atoms with Crippen LogP contribution in [0.4, 0.5) is 5.13 Å². The Labute approximate surface area is 149 Å². The van der Waals surface area contributed by atoms with Crippen molar-refractivity contribution >= 4 is 33.3 Å². The molecule has 0 radical (unpaired) electrons. The minimum atomic E-state index is -0.0886. The van der Waals surface area contributed by atoms with Gasteiger partial charge in [0.25, 0.3) is 0 Å². The molecule has 0 atom stereocenters. The molecule has 0 bridgehead atoms. The predicted octanol–water partition coefficient (Wildman–Crippen LogP) is 4.54. The van der Waals surface area contributed by atoms with Crippen LogP contribution in [-0.2, 0) is 11.2 Å². The Kier molecular flexibility index (Phi) is 4.23. The van der Waals surface area contributed by atoms with Crippen molar-refractivity contribution in [2.75, 3.05) is 5.32 Å². The van der Waals surface area contributed by atoms with Gasteiger partial charge in [-0.25, -0.2) is 9.97 Å². The zero-order chi connectivity index (χ0) is 17.1. The number of carbonyl (C=O) groups excluding carboxylic acids is 1. The highest BCUT2D eigenvalue weighted by molar-refractivity contribution is 7.13. The summed E-state index contributed by atoms with van der Waals surface area (Å²) in [5.74, 6) is -0.0886. The maximum atomic E-state index is 12.3. The van der Waals surface area contributed by atoms with Crippen molar-refractivity contribution in [3.63, 3.8) is 0 Å². The number of benzene rings is 2. The van der Waals surface area contributed by atoms with Gasteiger partial charge < -0.3 is 5.32 Å². The Bertz CT molecular complexity index is 1010. The van der Waals surface area contributed by atoms with Crippen LogP contribution in [0.15, 0.2) is 72.2 Å². The van der Waals surface area contributed by atoms with Crippen molar-refractivity contribution in [3.8, 4) is 11.3 Å². The quantitative estimate of drug-likeness (QED) is 0.591. The molecule has 2 aromatic carbocycles. The van der Waals surface area contributed by atoms with E-state index in [-0.39, 0.29) is 12.3 Å². The van der Waals surface area contributed by atoms with Crippen molar-refractivity contribution in [3.05, 3.63) is 77.8 Å². The van der Waals surface area contributed by atoms with E-state index in [9.17, 15) is 4.79 Å². The average molecular weight is 345 g/mol. The minimum absolute atomic E-state index is 0.0886. The van der Waals surface area contributed by atoms with E-state index in [1.54, 1.807) is 6.20 Å². The molecule has 2 aromatic heterocycles. The number of rotatable bonds is 4. The number of nitrogens with zero attached hydrogens (tertiary/aromatic N) is 2. The third-order valence-corrected chi connectivity index (χ3v) is 4.59. The molecule has 1 amide bonds. The molecule has 122 valence electrons. The number of nitrogens with one attached hydrogen (secondary N) is 1. The lowest BCUT2D eigenvalue weighted by atomic mass is 10.0. The minimum Gasteiger partial charge on any atom is -0.302 e. The second kappa shape index (κ2) is 6.83. The molecule has 0 aliphatic carbocycles. The lowest BCUT2D eigenvalue weighted by molar-refractivity contribution is -0.115. The second-order valence-corrected chi connectivity index (χ2v) is 6.51. The topological polar surface area (TPSA) is 54.9 Å². The molecule has 0 saturated carbocycles. The summed E-state index contributed by atoms with van der Waals surface area (Å²) >= 11 is 1.41. The summed E-state index contributed by atoms with van der Waals surface area (Å²) in [6.45, 7) is 0. The number of anilines is 1. The molecule has 4 rings (SSSR count). The molecule has 0 unspecified atom stereocenters. The SMILES string of the molecule is O=C(Cc1cccc2ccc(-c3ccccc3)nc12)Nc1nccs1. The number of hydrogen-bond donors (Lipinski definition) is 1. The van der Waals surface area contributed by atoms with Gasteiger partial charge in [0.1, 0.15) is 0 Å². The van der Waals surface area contributed by atoms with Gasteiger partial charge in [0.05, 0.1) is 17.6 Å². The van der Waals surface area contributed by atoms with E-state index in [2.05, 4.69) is 10.3 Å². The zero-order valence-electron chi connectivity index (χ0n) is 13.3. The number of para-hydroxylation sites is 1. The van der Waals surface area contributed by atoms with Gasteiger partial charge >= 0.3 is 0 Å². The first-order valence-electron chi connectivity index (χ1n) is 7.93. The maximum Gasteiger partial charge on any atom is 0.230 e. The number of amides is 1. The van der Waals surface area contributed by atoms with Gasteiger partial charge in [-0.15, -0.1) is 11.3 Å². The molecule has 1 N–H and O–H groups in total. The number of aromatic nitrogens is 2. The Morgan fingerprint density at radius 2 is 1.88 bits per heavy atom. The lowest BCUT2D eigenvalue weighted by Gasteiger charge is -2.08. The van der Waals surface area contributed by atoms with Crippen LogP contribution in [0.2, 0.25) is 0 Å². The van der Waals surface area contributed by atoms with Crippen LogP contribution in [0.5, 0.6) is 0 Å². The highest BCUT2D eigenvalue weighted by atomic mass is 32.1. The molecule has 4 nitrogen and oxygen atoms in total. The number of thiazole rings is 1. The third kappa shape index (κ3) is 3.41. The smallest absolute Gasteiger partial charge is 0.230 e. The lowest BCUT2D eigenvalue weighted by Crippen LogP contribution is -2.14. The van der Waals surface area contributed by atoms with Crippen molar-refractivity contribution in [1.82, 2.24) is 9.97 Å². The average Bonchev–Trinajstić information content (AvgIpc) is 3.15. The van der Waals surface area contributed by atoms with Crippen molar-refractivity contribution < 1.29 is 4.79 Å². The molecule has 0 aliphatic rings. The first-order valence-corrected chi connectivity index (χ1v) is 8.81. The first kappa shape index (κ1) is 15.5. The van der Waals surface area contributed by atoms with Crippen LogP contribution in [-0.4, -0.2) is 15.9 Å². The summed E-state index contributed by atoms with van der Waals surface area (Å²) in [6.07, 6.45) is 1.94. The number of fused-ring (bicyclic) bond motifs is 1. The largest absolute Gasteiger partial charge is 0.302 e. The first-order chi connectivity index (χ1) is 12.3. The molecule has 0 fully saturated rings. The molecule has 0 aliphatic heterocycles. The van der Waals surface area contributed by atoms with E-state index in [0.717, 1.165) is 27.7 Å². The number of pyridine rings is 1.